The molecule has 0 bridgehead atoms. The van der Waals surface area contributed by atoms with E-state index in [1.54, 1.807) is 13.8 Å². The molecule has 3 heteroatoms. The molecule has 0 aromatic heterocycles. The molecule has 0 aliphatic rings. The van der Waals surface area contributed by atoms with Crippen molar-refractivity contribution in [2.75, 3.05) is 7.05 Å². The van der Waals surface area contributed by atoms with Gasteiger partial charge in [-0.05, 0) is 5.92 Å². The van der Waals surface area contributed by atoms with Crippen molar-refractivity contribution in [2.45, 2.75) is 20.0 Å². The van der Waals surface area contributed by atoms with Crippen LogP contribution < -0.4 is 5.32 Å². The summed E-state index contributed by atoms with van der Waals surface area (Å²) in [7, 11) is 1.43. The smallest absolute Gasteiger partial charge is 0.254 e. The van der Waals surface area contributed by atoms with E-state index in [4.69, 9.17) is 0 Å². The van der Waals surface area contributed by atoms with E-state index < -0.39 is 12.1 Å². The van der Waals surface area contributed by atoms with Crippen molar-refractivity contribution in [3.8, 4) is 0 Å². The number of hydrogen-bond acceptors (Lipinski definition) is 1. The Kier molecular flexibility index (Phi) is 3.20. The van der Waals surface area contributed by atoms with E-state index in [1.165, 1.54) is 7.05 Å². The molecule has 0 aliphatic carbocycles. The minimum absolute atomic E-state index is 0.232. The van der Waals surface area contributed by atoms with Crippen molar-refractivity contribution < 1.29 is 9.18 Å². The van der Waals surface area contributed by atoms with Gasteiger partial charge in [0.05, 0.1) is 0 Å². The van der Waals surface area contributed by atoms with Gasteiger partial charge < -0.3 is 5.32 Å². The molecule has 0 aliphatic heterocycles. The van der Waals surface area contributed by atoms with Gasteiger partial charge in [0.15, 0.2) is 6.17 Å². The van der Waals surface area contributed by atoms with Crippen molar-refractivity contribution in [1.82, 2.24) is 5.32 Å². The maximum absolute atomic E-state index is 12.5. The molecule has 0 spiro atoms. The second-order valence-electron chi connectivity index (χ2n) is 2.26. The van der Waals surface area contributed by atoms with Gasteiger partial charge in [-0.1, -0.05) is 13.8 Å². The van der Waals surface area contributed by atoms with Crippen LogP contribution in [0, 0.1) is 5.92 Å². The first-order chi connectivity index (χ1) is 4.09. The quantitative estimate of drug-likeness (QED) is 0.591. The van der Waals surface area contributed by atoms with Gasteiger partial charge in [-0.3, -0.25) is 4.79 Å². The lowest BCUT2D eigenvalue weighted by atomic mass is 10.1. The van der Waals surface area contributed by atoms with Gasteiger partial charge in [0.25, 0.3) is 5.91 Å². The Morgan fingerprint density at radius 1 is 1.56 bits per heavy atom. The largest absolute Gasteiger partial charge is 0.357 e. The van der Waals surface area contributed by atoms with E-state index in [1.807, 2.05) is 0 Å². The number of halogens is 1. The highest BCUT2D eigenvalue weighted by Gasteiger charge is 2.18. The SMILES string of the molecule is CNC(=O)C(F)C(C)C. The molecule has 0 saturated carbocycles. The summed E-state index contributed by atoms with van der Waals surface area (Å²) < 4.78 is 12.5. The van der Waals surface area contributed by atoms with Crippen molar-refractivity contribution in [1.29, 1.82) is 0 Å². The van der Waals surface area contributed by atoms with Crippen LogP contribution in [0.25, 0.3) is 0 Å². The molecule has 54 valence electrons. The van der Waals surface area contributed by atoms with Crippen LogP contribution in [0.4, 0.5) is 4.39 Å². The van der Waals surface area contributed by atoms with Crippen LogP contribution in [0.2, 0.25) is 0 Å². The third kappa shape index (κ3) is 2.44. The normalized spacial score (nSPS) is 13.4. The van der Waals surface area contributed by atoms with Gasteiger partial charge >= 0.3 is 0 Å². The molecule has 1 atom stereocenters. The molecular formula is C6H12FNO. The maximum atomic E-state index is 12.5. The monoisotopic (exact) mass is 133 g/mol. The van der Waals surface area contributed by atoms with Crippen LogP contribution in [-0.2, 0) is 4.79 Å². The van der Waals surface area contributed by atoms with E-state index in [0.29, 0.717) is 0 Å². The summed E-state index contributed by atoms with van der Waals surface area (Å²) >= 11 is 0. The molecule has 1 unspecified atom stereocenters. The number of amides is 1. The molecule has 0 saturated heterocycles. The second-order valence-corrected chi connectivity index (χ2v) is 2.26. The summed E-state index contributed by atoms with van der Waals surface area (Å²) in [5.41, 5.74) is 0. The Morgan fingerprint density at radius 3 is 2.11 bits per heavy atom. The second kappa shape index (κ2) is 3.43. The molecule has 0 aromatic carbocycles. The van der Waals surface area contributed by atoms with Crippen LogP contribution in [0.15, 0.2) is 0 Å². The van der Waals surface area contributed by atoms with Gasteiger partial charge in [-0.15, -0.1) is 0 Å². The third-order valence-corrected chi connectivity index (χ3v) is 1.08. The Bertz CT molecular complexity index is 103. The van der Waals surface area contributed by atoms with Crippen molar-refractivity contribution in [2.24, 2.45) is 5.92 Å². The van der Waals surface area contributed by atoms with Crippen LogP contribution in [0.5, 0.6) is 0 Å². The van der Waals surface area contributed by atoms with E-state index in [9.17, 15) is 9.18 Å². The maximum Gasteiger partial charge on any atom is 0.254 e. The number of alkyl halides is 1. The number of nitrogens with one attached hydrogen (secondary N) is 1. The molecule has 1 N–H and O–H groups in total. The zero-order valence-corrected chi connectivity index (χ0v) is 5.94. The third-order valence-electron chi connectivity index (χ3n) is 1.08. The number of rotatable bonds is 2. The molecule has 9 heavy (non-hydrogen) atoms. The Balaban J connectivity index is 3.72. The first-order valence-electron chi connectivity index (χ1n) is 2.95. The highest BCUT2D eigenvalue weighted by Crippen LogP contribution is 2.04. The first kappa shape index (κ1) is 8.40. The average molecular weight is 133 g/mol. The number of carbonyl (C=O) groups excluding carboxylic acids is 1. The topological polar surface area (TPSA) is 29.1 Å². The molecule has 0 rings (SSSR count). The lowest BCUT2D eigenvalue weighted by Crippen LogP contribution is -2.32. The Morgan fingerprint density at radius 2 is 2.00 bits per heavy atom. The summed E-state index contributed by atoms with van der Waals surface area (Å²) in [6.07, 6.45) is -1.37. The van der Waals surface area contributed by atoms with Gasteiger partial charge in [-0.2, -0.15) is 0 Å². The van der Waals surface area contributed by atoms with Crippen LogP contribution in [-0.4, -0.2) is 19.1 Å². The first-order valence-corrected chi connectivity index (χ1v) is 2.95. The highest BCUT2D eigenvalue weighted by molar-refractivity contribution is 5.80. The summed E-state index contributed by atoms with van der Waals surface area (Å²) in [6.45, 7) is 3.33. The molecule has 1 amide bonds. The van der Waals surface area contributed by atoms with Crippen LogP contribution in [0.3, 0.4) is 0 Å². The number of hydrogen-bond donors (Lipinski definition) is 1. The zero-order chi connectivity index (χ0) is 7.44. The van der Waals surface area contributed by atoms with E-state index in [0.717, 1.165) is 0 Å². The predicted octanol–water partition coefficient (Wildman–Crippen LogP) is 0.726. The Labute approximate surface area is 54.4 Å². The fraction of sp³-hybridized carbons (Fsp3) is 0.833. The molecule has 2 nitrogen and oxygen atoms in total. The van der Waals surface area contributed by atoms with Crippen molar-refractivity contribution in [3.63, 3.8) is 0 Å². The van der Waals surface area contributed by atoms with E-state index >= 15 is 0 Å². The Hall–Kier alpha value is -0.600. The summed E-state index contributed by atoms with van der Waals surface area (Å²) in [5, 5.41) is 2.23. The minimum atomic E-state index is -1.37. The fourth-order valence-corrected chi connectivity index (χ4v) is 0.441. The molecular weight excluding hydrogens is 121 g/mol. The molecule has 0 heterocycles. The van der Waals surface area contributed by atoms with Gasteiger partial charge in [0.1, 0.15) is 0 Å². The average Bonchev–Trinajstić information content (AvgIpc) is 1.84. The highest BCUT2D eigenvalue weighted by atomic mass is 19.1. The predicted molar refractivity (Wildman–Crippen MR) is 33.8 cm³/mol. The van der Waals surface area contributed by atoms with E-state index in [-0.39, 0.29) is 5.92 Å². The van der Waals surface area contributed by atoms with Gasteiger partial charge in [0, 0.05) is 7.05 Å². The standard InChI is InChI=1S/C6H12FNO/c1-4(2)5(7)6(9)8-3/h4-5H,1-3H3,(H,8,9). The van der Waals surface area contributed by atoms with Gasteiger partial charge in [-0.25, -0.2) is 4.39 Å². The van der Waals surface area contributed by atoms with Crippen LogP contribution in [0.1, 0.15) is 13.8 Å². The number of carbonyl (C=O) groups is 1. The minimum Gasteiger partial charge on any atom is -0.357 e. The summed E-state index contributed by atoms with van der Waals surface area (Å²) in [6, 6.07) is 0. The molecule has 0 fully saturated rings. The zero-order valence-electron chi connectivity index (χ0n) is 5.94. The fourth-order valence-electron chi connectivity index (χ4n) is 0.441. The lowest BCUT2D eigenvalue weighted by molar-refractivity contribution is -0.126. The summed E-state index contributed by atoms with van der Waals surface area (Å²) in [4.78, 5) is 10.5. The lowest BCUT2D eigenvalue weighted by Gasteiger charge is -2.08. The van der Waals surface area contributed by atoms with E-state index in [2.05, 4.69) is 5.32 Å². The summed E-state index contributed by atoms with van der Waals surface area (Å²) in [5.74, 6) is -0.769. The van der Waals surface area contributed by atoms with Crippen molar-refractivity contribution >= 4 is 5.91 Å². The molecule has 0 radical (unpaired) electrons. The van der Waals surface area contributed by atoms with Crippen molar-refractivity contribution in [3.05, 3.63) is 0 Å². The van der Waals surface area contributed by atoms with Gasteiger partial charge in [0.2, 0.25) is 0 Å². The molecule has 0 aromatic rings. The van der Waals surface area contributed by atoms with Crippen LogP contribution >= 0.6 is 0 Å².